The predicted octanol–water partition coefficient (Wildman–Crippen LogP) is 1.96. The number of rotatable bonds is 5. The second-order valence-corrected chi connectivity index (χ2v) is 6.31. The van der Waals surface area contributed by atoms with Gasteiger partial charge < -0.3 is 16.0 Å². The first-order valence-electron chi connectivity index (χ1n) is 7.21. The Hall–Kier alpha value is -1.20. The Morgan fingerprint density at radius 3 is 2.80 bits per heavy atom. The number of hydrogen-bond acceptors (Lipinski definition) is 4. The molecule has 0 spiro atoms. The molecule has 110 valence electrons. The van der Waals surface area contributed by atoms with Gasteiger partial charge in [0.15, 0.2) is 0 Å². The Labute approximate surface area is 126 Å². The van der Waals surface area contributed by atoms with Crippen molar-refractivity contribution in [3.63, 3.8) is 0 Å². The molecule has 0 aliphatic heterocycles. The maximum atomic E-state index is 5.87. The second kappa shape index (κ2) is 6.50. The molecule has 1 aliphatic carbocycles. The van der Waals surface area contributed by atoms with Crippen LogP contribution in [0.4, 0.5) is 5.82 Å². The average Bonchev–Trinajstić information content (AvgIpc) is 2.36. The third-order valence-electron chi connectivity index (χ3n) is 3.59. The molecule has 0 fully saturated rings. The summed E-state index contributed by atoms with van der Waals surface area (Å²) in [6.45, 7) is 3.08. The molecule has 20 heavy (non-hydrogen) atoms. The third kappa shape index (κ3) is 3.67. The van der Waals surface area contributed by atoms with E-state index in [9.17, 15) is 0 Å². The molecule has 3 N–H and O–H groups in total. The molecule has 0 amide bonds. The fourth-order valence-corrected chi connectivity index (χ4v) is 2.91. The van der Waals surface area contributed by atoms with Crippen LogP contribution in [0.5, 0.6) is 0 Å². The van der Waals surface area contributed by atoms with Crippen LogP contribution in [0.1, 0.15) is 36.6 Å². The summed E-state index contributed by atoms with van der Waals surface area (Å²) >= 11 is 5.18. The number of aryl methyl sites for hydroxylation is 2. The van der Waals surface area contributed by atoms with E-state index < -0.39 is 0 Å². The lowest BCUT2D eigenvalue weighted by molar-refractivity contribution is 0.392. The SMILES string of the molecule is CC(CN(C)C)Nc1nc2c(cc1C(N)=S)CCCC2. The van der Waals surface area contributed by atoms with Crippen molar-refractivity contribution in [2.75, 3.05) is 26.0 Å². The first-order chi connectivity index (χ1) is 9.47. The Kier molecular flexibility index (Phi) is 4.94. The maximum Gasteiger partial charge on any atom is 0.136 e. The van der Waals surface area contributed by atoms with Gasteiger partial charge in [0.1, 0.15) is 10.8 Å². The third-order valence-corrected chi connectivity index (χ3v) is 3.81. The number of fused-ring (bicyclic) bond motifs is 1. The summed E-state index contributed by atoms with van der Waals surface area (Å²) in [5, 5.41) is 3.45. The van der Waals surface area contributed by atoms with Gasteiger partial charge in [-0.1, -0.05) is 12.2 Å². The van der Waals surface area contributed by atoms with Crippen LogP contribution in [-0.4, -0.2) is 41.6 Å². The lowest BCUT2D eigenvalue weighted by atomic mass is 9.94. The highest BCUT2D eigenvalue weighted by molar-refractivity contribution is 7.80. The molecule has 1 heterocycles. The Morgan fingerprint density at radius 1 is 1.45 bits per heavy atom. The zero-order chi connectivity index (χ0) is 14.7. The van der Waals surface area contributed by atoms with Gasteiger partial charge in [0.25, 0.3) is 0 Å². The van der Waals surface area contributed by atoms with E-state index in [4.69, 9.17) is 22.9 Å². The van der Waals surface area contributed by atoms with Gasteiger partial charge in [0.2, 0.25) is 0 Å². The van der Waals surface area contributed by atoms with Crippen molar-refractivity contribution in [2.24, 2.45) is 5.73 Å². The van der Waals surface area contributed by atoms with Crippen molar-refractivity contribution >= 4 is 23.0 Å². The van der Waals surface area contributed by atoms with Crippen LogP contribution in [-0.2, 0) is 12.8 Å². The minimum atomic E-state index is 0.298. The summed E-state index contributed by atoms with van der Waals surface area (Å²) in [6.07, 6.45) is 4.60. The molecule has 4 nitrogen and oxygen atoms in total. The molecule has 0 saturated carbocycles. The minimum absolute atomic E-state index is 0.298. The molecule has 0 radical (unpaired) electrons. The van der Waals surface area contributed by atoms with Crippen LogP contribution < -0.4 is 11.1 Å². The number of anilines is 1. The van der Waals surface area contributed by atoms with Crippen LogP contribution >= 0.6 is 12.2 Å². The molecule has 0 aromatic carbocycles. The van der Waals surface area contributed by atoms with Gasteiger partial charge in [0.05, 0.1) is 5.56 Å². The summed E-state index contributed by atoms with van der Waals surface area (Å²) in [7, 11) is 4.12. The predicted molar refractivity (Wildman–Crippen MR) is 88.4 cm³/mol. The van der Waals surface area contributed by atoms with Gasteiger partial charge in [-0.3, -0.25) is 0 Å². The number of nitrogens with two attached hydrogens (primary N) is 1. The number of pyridine rings is 1. The summed E-state index contributed by atoms with van der Waals surface area (Å²) in [4.78, 5) is 7.36. The van der Waals surface area contributed by atoms with Crippen LogP contribution in [0.2, 0.25) is 0 Å². The second-order valence-electron chi connectivity index (χ2n) is 5.87. The fourth-order valence-electron chi connectivity index (χ4n) is 2.76. The van der Waals surface area contributed by atoms with E-state index in [1.54, 1.807) is 0 Å². The highest BCUT2D eigenvalue weighted by atomic mass is 32.1. The normalized spacial score (nSPS) is 15.8. The topological polar surface area (TPSA) is 54.2 Å². The summed E-state index contributed by atoms with van der Waals surface area (Å²) in [6, 6.07) is 2.43. The molecule has 5 heteroatoms. The average molecular weight is 292 g/mol. The molecular weight excluding hydrogens is 268 g/mol. The van der Waals surface area contributed by atoms with Gasteiger partial charge in [-0.2, -0.15) is 0 Å². The number of hydrogen-bond donors (Lipinski definition) is 2. The van der Waals surface area contributed by atoms with Gasteiger partial charge in [-0.05, 0) is 58.3 Å². The smallest absolute Gasteiger partial charge is 0.136 e. The molecule has 2 rings (SSSR count). The van der Waals surface area contributed by atoms with Crippen LogP contribution in [0, 0.1) is 0 Å². The lowest BCUT2D eigenvalue weighted by Gasteiger charge is -2.23. The monoisotopic (exact) mass is 292 g/mol. The van der Waals surface area contributed by atoms with Crippen molar-refractivity contribution in [1.29, 1.82) is 0 Å². The quantitative estimate of drug-likeness (QED) is 0.813. The summed E-state index contributed by atoms with van der Waals surface area (Å²) in [5.41, 5.74) is 9.26. The van der Waals surface area contributed by atoms with Crippen LogP contribution in [0.3, 0.4) is 0 Å². The molecule has 1 aliphatic rings. The van der Waals surface area contributed by atoms with Gasteiger partial charge >= 0.3 is 0 Å². The first-order valence-corrected chi connectivity index (χ1v) is 7.62. The molecule has 1 aromatic heterocycles. The number of likely N-dealkylation sites (N-methyl/N-ethyl adjacent to an activating group) is 1. The molecule has 1 unspecified atom stereocenters. The van der Waals surface area contributed by atoms with Gasteiger partial charge in [-0.15, -0.1) is 0 Å². The number of aromatic nitrogens is 1. The van der Waals surface area contributed by atoms with E-state index in [0.717, 1.165) is 30.8 Å². The zero-order valence-corrected chi connectivity index (χ0v) is 13.4. The van der Waals surface area contributed by atoms with Gasteiger partial charge in [-0.25, -0.2) is 4.98 Å². The largest absolute Gasteiger partial charge is 0.389 e. The van der Waals surface area contributed by atoms with Crippen molar-refractivity contribution in [3.05, 3.63) is 22.9 Å². The van der Waals surface area contributed by atoms with E-state index in [-0.39, 0.29) is 0 Å². The fraction of sp³-hybridized carbons (Fsp3) is 0.600. The summed E-state index contributed by atoms with van der Waals surface area (Å²) in [5.74, 6) is 0.840. The Bertz CT molecular complexity index is 499. The van der Waals surface area contributed by atoms with E-state index in [0.29, 0.717) is 11.0 Å². The van der Waals surface area contributed by atoms with E-state index >= 15 is 0 Å². The van der Waals surface area contributed by atoms with Gasteiger partial charge in [0, 0.05) is 18.3 Å². The minimum Gasteiger partial charge on any atom is -0.389 e. The van der Waals surface area contributed by atoms with E-state index in [1.807, 2.05) is 0 Å². The molecule has 1 atom stereocenters. The number of nitrogens with one attached hydrogen (secondary N) is 1. The summed E-state index contributed by atoms with van der Waals surface area (Å²) < 4.78 is 0. The van der Waals surface area contributed by atoms with Crippen molar-refractivity contribution in [3.8, 4) is 0 Å². The lowest BCUT2D eigenvalue weighted by Crippen LogP contribution is -2.31. The van der Waals surface area contributed by atoms with E-state index in [1.165, 1.54) is 24.1 Å². The van der Waals surface area contributed by atoms with Crippen LogP contribution in [0.25, 0.3) is 0 Å². The molecule has 0 saturated heterocycles. The molecular formula is C15H24N4S. The number of thiocarbonyl (C=S) groups is 1. The van der Waals surface area contributed by atoms with Crippen LogP contribution in [0.15, 0.2) is 6.07 Å². The molecule has 1 aromatic rings. The molecule has 0 bridgehead atoms. The zero-order valence-electron chi connectivity index (χ0n) is 12.6. The maximum absolute atomic E-state index is 5.87. The van der Waals surface area contributed by atoms with Crippen molar-refractivity contribution in [2.45, 2.75) is 38.6 Å². The highest BCUT2D eigenvalue weighted by Crippen LogP contribution is 2.25. The standard InChI is InChI=1S/C15H24N4S/c1-10(9-19(2)3)17-15-12(14(16)20)8-11-6-4-5-7-13(11)18-15/h8,10H,4-7,9H2,1-3H3,(H2,16,20)(H,17,18). The Morgan fingerprint density at radius 2 is 2.15 bits per heavy atom. The Balaban J connectivity index is 2.28. The number of nitrogens with zero attached hydrogens (tertiary/aromatic N) is 2. The van der Waals surface area contributed by atoms with E-state index in [2.05, 4.69) is 37.3 Å². The van der Waals surface area contributed by atoms with Crippen molar-refractivity contribution < 1.29 is 0 Å². The highest BCUT2D eigenvalue weighted by Gasteiger charge is 2.17. The van der Waals surface area contributed by atoms with Crippen molar-refractivity contribution in [1.82, 2.24) is 9.88 Å². The first kappa shape index (κ1) is 15.2.